The van der Waals surface area contributed by atoms with Crippen molar-refractivity contribution in [1.82, 2.24) is 20.3 Å². The molecule has 0 saturated heterocycles. The summed E-state index contributed by atoms with van der Waals surface area (Å²) in [6.45, 7) is 6.76. The number of hydrogen-bond donors (Lipinski definition) is 1. The Balaban J connectivity index is 1.71. The average Bonchev–Trinajstić information content (AvgIpc) is 3.48. The summed E-state index contributed by atoms with van der Waals surface area (Å²) in [5.74, 6) is 0.0355. The van der Waals surface area contributed by atoms with E-state index in [1.54, 1.807) is 9.58 Å². The van der Waals surface area contributed by atoms with Crippen LogP contribution in [0.5, 0.6) is 0 Å². The average molecular weight is 476 g/mol. The molecule has 0 radical (unpaired) electrons. The molecule has 2 heterocycles. The number of nitrogens with one attached hydrogen (secondary N) is 1. The van der Waals surface area contributed by atoms with Crippen LogP contribution in [0.15, 0.2) is 66.0 Å². The van der Waals surface area contributed by atoms with Crippen molar-refractivity contribution in [2.45, 2.75) is 39.8 Å². The number of benzene rings is 2. The van der Waals surface area contributed by atoms with Gasteiger partial charge in [-0.3, -0.25) is 14.5 Å². The molecule has 0 aliphatic heterocycles. The van der Waals surface area contributed by atoms with Gasteiger partial charge in [-0.15, -0.1) is 16.4 Å². The minimum absolute atomic E-state index is 0.0322. The van der Waals surface area contributed by atoms with Gasteiger partial charge in [-0.05, 0) is 55.0 Å². The zero-order chi connectivity index (χ0) is 24.1. The molecule has 2 amide bonds. The standard InChI is InChI=1S/C26H29N5O2S/c1-18(2)14-15-27-26(33)25(23-9-6-16-34-23)31(20-12-10-19(3)11-13-20)24(32)17-30-22-8-5-4-7-21(22)28-29-30/h4-13,16,18,25H,14-15,17H2,1-3H3,(H,27,33)/t25-/m0/s1. The Hall–Kier alpha value is -3.52. The first kappa shape index (κ1) is 23.6. The van der Waals surface area contributed by atoms with Crippen LogP contribution < -0.4 is 10.2 Å². The van der Waals surface area contributed by atoms with Gasteiger partial charge in [0.15, 0.2) is 0 Å². The molecule has 1 N–H and O–H groups in total. The Morgan fingerprint density at radius 2 is 1.82 bits per heavy atom. The number of thiophene rings is 1. The number of carbonyl (C=O) groups is 2. The van der Waals surface area contributed by atoms with Gasteiger partial charge in [-0.2, -0.15) is 0 Å². The van der Waals surface area contributed by atoms with Crippen molar-refractivity contribution in [3.63, 3.8) is 0 Å². The van der Waals surface area contributed by atoms with E-state index in [9.17, 15) is 9.59 Å². The van der Waals surface area contributed by atoms with Gasteiger partial charge in [-0.1, -0.05) is 55.0 Å². The highest BCUT2D eigenvalue weighted by Crippen LogP contribution is 2.31. The lowest BCUT2D eigenvalue weighted by Gasteiger charge is -2.31. The van der Waals surface area contributed by atoms with Crippen molar-refractivity contribution < 1.29 is 9.59 Å². The zero-order valence-electron chi connectivity index (χ0n) is 19.6. The summed E-state index contributed by atoms with van der Waals surface area (Å²) in [5, 5.41) is 13.3. The van der Waals surface area contributed by atoms with Crippen LogP contribution in [0.3, 0.4) is 0 Å². The third-order valence-electron chi connectivity index (χ3n) is 5.63. The molecular formula is C26H29N5O2S. The summed E-state index contributed by atoms with van der Waals surface area (Å²) in [7, 11) is 0. The maximum absolute atomic E-state index is 13.8. The molecule has 1 atom stereocenters. The normalized spacial score (nSPS) is 12.1. The Bertz CT molecular complexity index is 1250. The van der Waals surface area contributed by atoms with E-state index in [2.05, 4.69) is 29.5 Å². The van der Waals surface area contributed by atoms with Gasteiger partial charge in [0, 0.05) is 17.1 Å². The Kier molecular flexibility index (Phi) is 7.37. The molecular weight excluding hydrogens is 446 g/mol. The van der Waals surface area contributed by atoms with Crippen molar-refractivity contribution in [1.29, 1.82) is 0 Å². The van der Waals surface area contributed by atoms with Crippen LogP contribution in [-0.4, -0.2) is 33.4 Å². The van der Waals surface area contributed by atoms with E-state index in [0.29, 0.717) is 18.2 Å². The first-order valence-electron chi connectivity index (χ1n) is 11.4. The van der Waals surface area contributed by atoms with E-state index in [1.807, 2.05) is 73.0 Å². The summed E-state index contributed by atoms with van der Waals surface area (Å²) in [4.78, 5) is 29.7. The monoisotopic (exact) mass is 475 g/mol. The van der Waals surface area contributed by atoms with Crippen LogP contribution in [0.2, 0.25) is 0 Å². The molecule has 0 unspecified atom stereocenters. The van der Waals surface area contributed by atoms with Crippen molar-refractivity contribution >= 4 is 39.9 Å². The van der Waals surface area contributed by atoms with E-state index in [1.165, 1.54) is 11.3 Å². The predicted octanol–water partition coefficient (Wildman–Crippen LogP) is 4.74. The lowest BCUT2D eigenvalue weighted by atomic mass is 10.1. The summed E-state index contributed by atoms with van der Waals surface area (Å²) in [6, 6.07) is 18.2. The number of anilines is 1. The minimum atomic E-state index is -0.780. The maximum atomic E-state index is 13.8. The van der Waals surface area contributed by atoms with Gasteiger partial charge in [0.25, 0.3) is 0 Å². The molecule has 2 aromatic heterocycles. The van der Waals surface area contributed by atoms with E-state index in [4.69, 9.17) is 0 Å². The molecule has 34 heavy (non-hydrogen) atoms. The van der Waals surface area contributed by atoms with Crippen LogP contribution >= 0.6 is 11.3 Å². The molecule has 0 saturated carbocycles. The molecule has 0 spiro atoms. The molecule has 176 valence electrons. The van der Waals surface area contributed by atoms with Gasteiger partial charge in [0.05, 0.1) is 5.52 Å². The SMILES string of the molecule is Cc1ccc(N(C(=O)Cn2nnc3ccccc32)[C@H](C(=O)NCCC(C)C)c2cccs2)cc1. The number of aromatic nitrogens is 3. The minimum Gasteiger partial charge on any atom is -0.354 e. The van der Waals surface area contributed by atoms with E-state index in [0.717, 1.165) is 27.9 Å². The molecule has 0 aliphatic carbocycles. The van der Waals surface area contributed by atoms with Crippen LogP contribution in [0.1, 0.15) is 36.8 Å². The Morgan fingerprint density at radius 1 is 1.06 bits per heavy atom. The third-order valence-corrected chi connectivity index (χ3v) is 6.55. The number of amides is 2. The van der Waals surface area contributed by atoms with E-state index >= 15 is 0 Å². The van der Waals surface area contributed by atoms with Crippen molar-refractivity contribution in [2.75, 3.05) is 11.4 Å². The molecule has 4 aromatic rings. The van der Waals surface area contributed by atoms with Gasteiger partial charge in [0.1, 0.15) is 18.1 Å². The number of aryl methyl sites for hydroxylation is 1. The number of para-hydroxylation sites is 1. The van der Waals surface area contributed by atoms with E-state index < -0.39 is 6.04 Å². The Morgan fingerprint density at radius 3 is 2.53 bits per heavy atom. The number of carbonyl (C=O) groups excluding carboxylic acids is 2. The molecule has 0 aliphatic rings. The molecule has 0 bridgehead atoms. The van der Waals surface area contributed by atoms with Crippen LogP contribution in [0.4, 0.5) is 5.69 Å². The third kappa shape index (κ3) is 5.34. The fourth-order valence-electron chi connectivity index (χ4n) is 3.78. The van der Waals surface area contributed by atoms with Gasteiger partial charge in [-0.25, -0.2) is 4.68 Å². The van der Waals surface area contributed by atoms with Gasteiger partial charge >= 0.3 is 0 Å². The van der Waals surface area contributed by atoms with Crippen LogP contribution in [0, 0.1) is 12.8 Å². The number of hydrogen-bond acceptors (Lipinski definition) is 5. The largest absolute Gasteiger partial charge is 0.354 e. The maximum Gasteiger partial charge on any atom is 0.249 e. The predicted molar refractivity (Wildman–Crippen MR) is 136 cm³/mol. The topological polar surface area (TPSA) is 80.1 Å². The first-order valence-corrected chi connectivity index (χ1v) is 12.3. The summed E-state index contributed by atoms with van der Waals surface area (Å²) in [5.41, 5.74) is 3.23. The zero-order valence-corrected chi connectivity index (χ0v) is 20.5. The quantitative estimate of drug-likeness (QED) is 0.379. The van der Waals surface area contributed by atoms with Crippen molar-refractivity contribution in [3.8, 4) is 0 Å². The number of rotatable bonds is 9. The smallest absolute Gasteiger partial charge is 0.249 e. The van der Waals surface area contributed by atoms with Gasteiger partial charge in [0.2, 0.25) is 11.8 Å². The molecule has 2 aromatic carbocycles. The van der Waals surface area contributed by atoms with E-state index in [-0.39, 0.29) is 18.4 Å². The van der Waals surface area contributed by atoms with Crippen LogP contribution in [-0.2, 0) is 16.1 Å². The second kappa shape index (κ2) is 10.6. The molecule has 7 nitrogen and oxygen atoms in total. The fourth-order valence-corrected chi connectivity index (χ4v) is 4.59. The molecule has 4 rings (SSSR count). The van der Waals surface area contributed by atoms with Crippen molar-refractivity contribution in [2.24, 2.45) is 5.92 Å². The van der Waals surface area contributed by atoms with Gasteiger partial charge < -0.3 is 5.32 Å². The highest BCUT2D eigenvalue weighted by atomic mass is 32.1. The highest BCUT2D eigenvalue weighted by molar-refractivity contribution is 7.10. The molecule has 8 heteroatoms. The summed E-state index contributed by atoms with van der Waals surface area (Å²) >= 11 is 1.46. The summed E-state index contributed by atoms with van der Waals surface area (Å²) in [6.07, 6.45) is 0.867. The van der Waals surface area contributed by atoms with Crippen LogP contribution in [0.25, 0.3) is 11.0 Å². The second-order valence-corrected chi connectivity index (χ2v) is 9.71. The number of fused-ring (bicyclic) bond motifs is 1. The Labute approximate surface area is 203 Å². The molecule has 0 fully saturated rings. The summed E-state index contributed by atoms with van der Waals surface area (Å²) < 4.78 is 1.58. The lowest BCUT2D eigenvalue weighted by Crippen LogP contribution is -2.45. The first-order chi connectivity index (χ1) is 16.4. The van der Waals surface area contributed by atoms with Crippen molar-refractivity contribution in [3.05, 3.63) is 76.5 Å². The fraction of sp³-hybridized carbons (Fsp3) is 0.308. The highest BCUT2D eigenvalue weighted by Gasteiger charge is 2.33. The number of nitrogens with zero attached hydrogens (tertiary/aromatic N) is 4. The second-order valence-electron chi connectivity index (χ2n) is 8.73. The lowest BCUT2D eigenvalue weighted by molar-refractivity contribution is -0.126.